The molecule has 0 aliphatic carbocycles. The molecule has 0 rings (SSSR count). The Bertz CT molecular complexity index is 304. The molecule has 0 radical (unpaired) electrons. The first-order valence-electron chi connectivity index (χ1n) is 3.56. The Kier molecular flexibility index (Phi) is 5.01. The smallest absolute Gasteiger partial charge is 0.370 e. The molecular weight excluding hydrogens is 270 g/mol. The zero-order valence-corrected chi connectivity index (χ0v) is 8.25. The summed E-state index contributed by atoms with van der Waals surface area (Å²) in [4.78, 5) is 0. The van der Waals surface area contributed by atoms with Crippen molar-refractivity contribution in [2.75, 3.05) is 19.8 Å². The van der Waals surface area contributed by atoms with E-state index in [9.17, 15) is 34.8 Å². The van der Waals surface area contributed by atoms with Gasteiger partial charge in [-0.25, -0.2) is 0 Å². The molecule has 0 aliphatic heterocycles. The first kappa shape index (κ1) is 15.4. The highest BCUT2D eigenvalue weighted by molar-refractivity contribution is 7.87. The van der Waals surface area contributed by atoms with Crippen molar-refractivity contribution in [2.45, 2.75) is 11.7 Å². The largest absolute Gasteiger partial charge is 0.523 e. The third kappa shape index (κ3) is 6.12. The molecule has 0 bridgehead atoms. The molecule has 11 heteroatoms. The van der Waals surface area contributed by atoms with Crippen LogP contribution in [0.5, 0.6) is 0 Å². The molecule has 0 aromatic carbocycles. The number of halogens is 6. The summed E-state index contributed by atoms with van der Waals surface area (Å²) in [6.45, 7) is -3.75. The molecule has 0 unspecified atom stereocenters. The van der Waals surface area contributed by atoms with E-state index in [1.165, 1.54) is 0 Å². The molecule has 0 N–H and O–H groups in total. The molecule has 0 atom stereocenters. The summed E-state index contributed by atoms with van der Waals surface area (Å²) < 4.78 is 96.7. The second-order valence-corrected chi connectivity index (χ2v) is 4.00. The van der Waals surface area contributed by atoms with E-state index in [0.29, 0.717) is 0 Å². The van der Waals surface area contributed by atoms with Crippen molar-refractivity contribution in [2.24, 2.45) is 0 Å². The fourth-order valence-electron chi connectivity index (χ4n) is 0.457. The second kappa shape index (κ2) is 5.19. The van der Waals surface area contributed by atoms with Gasteiger partial charge in [0, 0.05) is 0 Å². The van der Waals surface area contributed by atoms with Crippen molar-refractivity contribution in [3.63, 3.8) is 0 Å². The zero-order valence-electron chi connectivity index (χ0n) is 7.43. The van der Waals surface area contributed by atoms with Gasteiger partial charge in [0.05, 0.1) is 13.2 Å². The Morgan fingerprint density at radius 2 is 1.44 bits per heavy atom. The van der Waals surface area contributed by atoms with Gasteiger partial charge in [0.1, 0.15) is 6.61 Å². The zero-order chi connectivity index (χ0) is 13.0. The van der Waals surface area contributed by atoms with Crippen LogP contribution in [0, 0.1) is 0 Å². The molecule has 98 valence electrons. The molecule has 16 heavy (non-hydrogen) atoms. The van der Waals surface area contributed by atoms with Crippen LogP contribution in [0.4, 0.5) is 26.3 Å². The predicted octanol–water partition coefficient (Wildman–Crippen LogP) is 1.43. The van der Waals surface area contributed by atoms with E-state index >= 15 is 0 Å². The number of rotatable bonds is 5. The van der Waals surface area contributed by atoms with Gasteiger partial charge in [-0.2, -0.15) is 34.8 Å². The standard InChI is InChI=1S/C5H6F6O4S/c6-4(7,8)3-14-1-2-15-16(12,13)5(9,10)11/h1-3H2. The van der Waals surface area contributed by atoms with Gasteiger partial charge in [0.25, 0.3) is 0 Å². The minimum atomic E-state index is -5.77. The first-order chi connectivity index (χ1) is 6.96. The van der Waals surface area contributed by atoms with Crippen LogP contribution in [-0.2, 0) is 19.0 Å². The predicted molar refractivity (Wildman–Crippen MR) is 37.8 cm³/mol. The lowest BCUT2D eigenvalue weighted by Gasteiger charge is -2.09. The van der Waals surface area contributed by atoms with Gasteiger partial charge in [-0.05, 0) is 0 Å². The van der Waals surface area contributed by atoms with E-state index in [4.69, 9.17) is 0 Å². The lowest BCUT2D eigenvalue weighted by Crippen LogP contribution is -2.27. The average molecular weight is 276 g/mol. The molecule has 0 spiro atoms. The summed E-state index contributed by atoms with van der Waals surface area (Å²) in [5, 5.41) is 0. The molecule has 4 nitrogen and oxygen atoms in total. The van der Waals surface area contributed by atoms with Crippen molar-refractivity contribution >= 4 is 10.1 Å². The third-order valence-corrected chi connectivity index (χ3v) is 2.06. The van der Waals surface area contributed by atoms with Gasteiger partial charge in [-0.3, -0.25) is 4.18 Å². The molecule has 0 aliphatic rings. The SMILES string of the molecule is O=S(=O)(OCCOCC(F)(F)F)C(F)(F)F. The summed E-state index contributed by atoms with van der Waals surface area (Å²) in [6, 6.07) is 0. The highest BCUT2D eigenvalue weighted by atomic mass is 32.2. The van der Waals surface area contributed by atoms with Crippen LogP contribution in [0.2, 0.25) is 0 Å². The van der Waals surface area contributed by atoms with Crippen molar-refractivity contribution in [3.8, 4) is 0 Å². The highest BCUT2D eigenvalue weighted by Gasteiger charge is 2.47. The normalized spacial score (nSPS) is 14.1. The summed E-state index contributed by atoms with van der Waals surface area (Å²) in [5.74, 6) is 0. The molecule has 0 heterocycles. The van der Waals surface area contributed by atoms with Crippen LogP contribution in [0.1, 0.15) is 0 Å². The fourth-order valence-corrected chi connectivity index (χ4v) is 0.878. The van der Waals surface area contributed by atoms with Crippen molar-refractivity contribution < 1.29 is 43.7 Å². The third-order valence-electron chi connectivity index (χ3n) is 1.02. The summed E-state index contributed by atoms with van der Waals surface area (Å²) in [5.41, 5.74) is -5.60. The minimum absolute atomic E-state index is 0.922. The highest BCUT2D eigenvalue weighted by Crippen LogP contribution is 2.24. The summed E-state index contributed by atoms with van der Waals surface area (Å²) >= 11 is 0. The van der Waals surface area contributed by atoms with Crippen molar-refractivity contribution in [1.82, 2.24) is 0 Å². The maximum absolute atomic E-state index is 11.6. The molecule has 0 fully saturated rings. The Morgan fingerprint density at radius 1 is 0.938 bits per heavy atom. The molecule has 0 aromatic rings. The molecule has 0 saturated carbocycles. The van der Waals surface area contributed by atoms with E-state index in [2.05, 4.69) is 8.92 Å². The number of hydrogen-bond acceptors (Lipinski definition) is 4. The van der Waals surface area contributed by atoms with E-state index < -0.39 is 41.6 Å². The van der Waals surface area contributed by atoms with Crippen LogP contribution in [0.25, 0.3) is 0 Å². The first-order valence-corrected chi connectivity index (χ1v) is 4.97. The number of ether oxygens (including phenoxy) is 1. The topological polar surface area (TPSA) is 52.6 Å². The fraction of sp³-hybridized carbons (Fsp3) is 1.00. The second-order valence-electron chi connectivity index (χ2n) is 2.39. The maximum Gasteiger partial charge on any atom is 0.523 e. The van der Waals surface area contributed by atoms with Crippen LogP contribution in [0.3, 0.4) is 0 Å². The quantitative estimate of drug-likeness (QED) is 0.330. The van der Waals surface area contributed by atoms with Crippen LogP contribution < -0.4 is 0 Å². The van der Waals surface area contributed by atoms with Crippen LogP contribution >= 0.6 is 0 Å². The van der Waals surface area contributed by atoms with Gasteiger partial charge < -0.3 is 4.74 Å². The Labute approximate surface area is 86.3 Å². The van der Waals surface area contributed by atoms with Gasteiger partial charge in [0.15, 0.2) is 0 Å². The van der Waals surface area contributed by atoms with E-state index in [1.54, 1.807) is 0 Å². The number of hydrogen-bond donors (Lipinski definition) is 0. The maximum atomic E-state index is 11.6. The van der Waals surface area contributed by atoms with E-state index in [0.717, 1.165) is 0 Å². The summed E-state index contributed by atoms with van der Waals surface area (Å²) in [6.07, 6.45) is -4.64. The Morgan fingerprint density at radius 3 is 1.81 bits per heavy atom. The van der Waals surface area contributed by atoms with Gasteiger partial charge in [0.2, 0.25) is 0 Å². The van der Waals surface area contributed by atoms with Gasteiger partial charge in [-0.15, -0.1) is 0 Å². The molecule has 0 amide bonds. The lowest BCUT2D eigenvalue weighted by atomic mass is 10.7. The monoisotopic (exact) mass is 276 g/mol. The number of alkyl halides is 6. The lowest BCUT2D eigenvalue weighted by molar-refractivity contribution is -0.175. The molecule has 0 saturated heterocycles. The van der Waals surface area contributed by atoms with Gasteiger partial charge >= 0.3 is 21.8 Å². The van der Waals surface area contributed by atoms with Crippen LogP contribution in [-0.4, -0.2) is 39.9 Å². The Balaban J connectivity index is 3.85. The van der Waals surface area contributed by atoms with Crippen molar-refractivity contribution in [3.05, 3.63) is 0 Å². The summed E-state index contributed by atoms with van der Waals surface area (Å²) in [7, 11) is -5.77. The minimum Gasteiger partial charge on any atom is -0.370 e. The Hall–Kier alpha value is -0.550. The van der Waals surface area contributed by atoms with Gasteiger partial charge in [-0.1, -0.05) is 0 Å². The van der Waals surface area contributed by atoms with Crippen molar-refractivity contribution in [1.29, 1.82) is 0 Å². The van der Waals surface area contributed by atoms with E-state index in [-0.39, 0.29) is 0 Å². The van der Waals surface area contributed by atoms with E-state index in [1.807, 2.05) is 0 Å². The van der Waals surface area contributed by atoms with Crippen LogP contribution in [0.15, 0.2) is 0 Å². The average Bonchev–Trinajstić information content (AvgIpc) is 1.98. The molecule has 0 aromatic heterocycles. The molecular formula is C5H6F6O4S.